The molecule has 0 aliphatic carbocycles. The Morgan fingerprint density at radius 2 is 1.31 bits per heavy atom. The van der Waals surface area contributed by atoms with Crippen molar-refractivity contribution in [1.29, 1.82) is 0 Å². The summed E-state index contributed by atoms with van der Waals surface area (Å²) in [5.41, 5.74) is 0. The normalized spacial score (nSPS) is 14.5. The molecule has 0 saturated heterocycles. The van der Waals surface area contributed by atoms with Gasteiger partial charge in [-0.2, -0.15) is 0 Å². The van der Waals surface area contributed by atoms with Gasteiger partial charge in [-0.25, -0.2) is 0 Å². The Morgan fingerprint density at radius 1 is 0.923 bits per heavy atom. The number of halogens is 2. The fraction of sp³-hybridized carbons (Fsp3) is 0.200. The number of ether oxygens (including phenoxy) is 1. The Hall–Kier alpha value is -0.280. The lowest BCUT2D eigenvalue weighted by molar-refractivity contribution is 0.401. The molecule has 3 heteroatoms. The molecule has 1 nitrogen and oxygen atoms in total. The van der Waals surface area contributed by atoms with Crippen molar-refractivity contribution in [3.63, 3.8) is 0 Å². The van der Waals surface area contributed by atoms with Crippen LogP contribution in [0.4, 0.5) is 0 Å². The monoisotopic (exact) mass is 306 g/mol. The van der Waals surface area contributed by atoms with Crippen LogP contribution in [0.3, 0.4) is 0 Å². The van der Waals surface area contributed by atoms with Crippen molar-refractivity contribution in [1.82, 2.24) is 0 Å². The second kappa shape index (κ2) is 8.32. The summed E-state index contributed by atoms with van der Waals surface area (Å²) in [6.45, 7) is 3.89. The molecule has 0 heterocycles. The van der Waals surface area contributed by atoms with Gasteiger partial charge in [0.1, 0.15) is 12.5 Å². The summed E-state index contributed by atoms with van der Waals surface area (Å²) in [7, 11) is 0. The van der Waals surface area contributed by atoms with Gasteiger partial charge in [0.05, 0.1) is 8.96 Å². The topological polar surface area (TPSA) is 9.23 Å². The Morgan fingerprint density at radius 3 is 1.62 bits per heavy atom. The summed E-state index contributed by atoms with van der Waals surface area (Å²) < 4.78 is 6.93. The van der Waals surface area contributed by atoms with Gasteiger partial charge in [-0.05, 0) is 57.9 Å². The van der Waals surface area contributed by atoms with E-state index in [1.807, 2.05) is 38.2 Å². The molecule has 0 rings (SSSR count). The molecular weight excluding hydrogens is 296 g/mol. The van der Waals surface area contributed by atoms with Crippen molar-refractivity contribution in [3.8, 4) is 0 Å². The predicted molar refractivity (Wildman–Crippen MR) is 64.7 cm³/mol. The van der Waals surface area contributed by atoms with Crippen molar-refractivity contribution in [2.45, 2.75) is 13.8 Å². The minimum absolute atomic E-state index is 0.895. The number of allylic oxidation sites excluding steroid dienone is 6. The van der Waals surface area contributed by atoms with E-state index in [2.05, 4.69) is 31.9 Å². The van der Waals surface area contributed by atoms with E-state index >= 15 is 0 Å². The van der Waals surface area contributed by atoms with Gasteiger partial charge < -0.3 is 4.74 Å². The van der Waals surface area contributed by atoms with Crippen LogP contribution in [0.5, 0.6) is 0 Å². The lowest BCUT2D eigenvalue weighted by atomic mass is 10.5. The molecule has 0 atom stereocenters. The molecule has 0 unspecified atom stereocenters. The highest BCUT2D eigenvalue weighted by atomic mass is 79.9. The zero-order valence-corrected chi connectivity index (χ0v) is 10.8. The van der Waals surface area contributed by atoms with Crippen LogP contribution >= 0.6 is 31.9 Å². The summed E-state index contributed by atoms with van der Waals surface area (Å²) in [6, 6.07) is 0. The van der Waals surface area contributed by atoms with Crippen LogP contribution in [0.2, 0.25) is 0 Å². The first-order valence-electron chi connectivity index (χ1n) is 3.83. The van der Waals surface area contributed by atoms with E-state index in [4.69, 9.17) is 4.74 Å². The van der Waals surface area contributed by atoms with Gasteiger partial charge in [-0.3, -0.25) is 0 Å². The SMILES string of the molecule is CC=CC(Br)=COC=C(Br)C=CC. The molecule has 0 spiro atoms. The molecule has 0 bridgehead atoms. The average Bonchev–Trinajstić information content (AvgIpc) is 2.05. The summed E-state index contributed by atoms with van der Waals surface area (Å²) in [4.78, 5) is 0. The highest BCUT2D eigenvalue weighted by Gasteiger charge is 1.84. The molecular formula is C10H12Br2O. The maximum absolute atomic E-state index is 5.14. The Labute approximate surface area is 96.1 Å². The summed E-state index contributed by atoms with van der Waals surface area (Å²) in [5, 5.41) is 0. The van der Waals surface area contributed by atoms with E-state index in [1.54, 1.807) is 12.5 Å². The van der Waals surface area contributed by atoms with Gasteiger partial charge in [0.25, 0.3) is 0 Å². The smallest absolute Gasteiger partial charge is 0.104 e. The molecule has 0 aromatic rings. The van der Waals surface area contributed by atoms with Crippen LogP contribution in [0, 0.1) is 0 Å². The van der Waals surface area contributed by atoms with Gasteiger partial charge in [0.2, 0.25) is 0 Å². The zero-order valence-electron chi connectivity index (χ0n) is 7.63. The number of rotatable bonds is 4. The molecule has 13 heavy (non-hydrogen) atoms. The van der Waals surface area contributed by atoms with Crippen LogP contribution in [0.15, 0.2) is 45.8 Å². The number of hydrogen-bond acceptors (Lipinski definition) is 1. The lowest BCUT2D eigenvalue weighted by Crippen LogP contribution is -1.70. The maximum Gasteiger partial charge on any atom is 0.104 e. The summed E-state index contributed by atoms with van der Waals surface area (Å²) in [6.07, 6.45) is 10.9. The van der Waals surface area contributed by atoms with Crippen LogP contribution in [0.25, 0.3) is 0 Å². The zero-order chi connectivity index (χ0) is 10.1. The Kier molecular flexibility index (Phi) is 8.14. The first-order chi connectivity index (χ1) is 6.20. The molecule has 0 aliphatic heterocycles. The van der Waals surface area contributed by atoms with Crippen LogP contribution in [0.1, 0.15) is 13.8 Å². The van der Waals surface area contributed by atoms with Crippen molar-refractivity contribution in [3.05, 3.63) is 45.8 Å². The third kappa shape index (κ3) is 8.06. The first kappa shape index (κ1) is 12.7. The predicted octanol–water partition coefficient (Wildman–Crippen LogP) is 4.63. The average molecular weight is 308 g/mol. The largest absolute Gasteiger partial charge is 0.470 e. The minimum Gasteiger partial charge on any atom is -0.470 e. The van der Waals surface area contributed by atoms with Crippen LogP contribution in [-0.2, 0) is 4.74 Å². The van der Waals surface area contributed by atoms with Crippen molar-refractivity contribution >= 4 is 31.9 Å². The summed E-state index contributed by atoms with van der Waals surface area (Å²) in [5.74, 6) is 0. The molecule has 0 radical (unpaired) electrons. The van der Waals surface area contributed by atoms with Gasteiger partial charge in [0.15, 0.2) is 0 Å². The molecule has 72 valence electrons. The second-order valence-electron chi connectivity index (χ2n) is 2.14. The number of hydrogen-bond donors (Lipinski definition) is 0. The van der Waals surface area contributed by atoms with Gasteiger partial charge in [-0.15, -0.1) is 0 Å². The molecule has 0 amide bonds. The Bertz CT molecular complexity index is 224. The fourth-order valence-electron chi connectivity index (χ4n) is 0.561. The summed E-state index contributed by atoms with van der Waals surface area (Å²) >= 11 is 6.63. The van der Waals surface area contributed by atoms with E-state index in [9.17, 15) is 0 Å². The van der Waals surface area contributed by atoms with Crippen LogP contribution < -0.4 is 0 Å². The third-order valence-corrected chi connectivity index (χ3v) is 1.92. The highest BCUT2D eigenvalue weighted by Crippen LogP contribution is 2.10. The third-order valence-electron chi connectivity index (χ3n) is 1.01. The minimum atomic E-state index is 0.895. The molecule has 0 saturated carbocycles. The van der Waals surface area contributed by atoms with E-state index < -0.39 is 0 Å². The lowest BCUT2D eigenvalue weighted by Gasteiger charge is -1.92. The second-order valence-corrected chi connectivity index (χ2v) is 3.97. The van der Waals surface area contributed by atoms with Crippen molar-refractivity contribution in [2.24, 2.45) is 0 Å². The van der Waals surface area contributed by atoms with E-state index in [1.165, 1.54) is 0 Å². The quantitative estimate of drug-likeness (QED) is 0.543. The fourth-order valence-corrected chi connectivity index (χ4v) is 1.31. The van der Waals surface area contributed by atoms with Crippen LogP contribution in [-0.4, -0.2) is 0 Å². The van der Waals surface area contributed by atoms with Gasteiger partial charge in [-0.1, -0.05) is 12.2 Å². The van der Waals surface area contributed by atoms with E-state index in [0.29, 0.717) is 0 Å². The molecule has 0 aliphatic rings. The van der Waals surface area contributed by atoms with E-state index in [0.717, 1.165) is 8.96 Å². The van der Waals surface area contributed by atoms with Gasteiger partial charge in [0, 0.05) is 0 Å². The van der Waals surface area contributed by atoms with E-state index in [-0.39, 0.29) is 0 Å². The molecule has 0 fully saturated rings. The molecule has 0 aromatic heterocycles. The van der Waals surface area contributed by atoms with Crippen molar-refractivity contribution in [2.75, 3.05) is 0 Å². The van der Waals surface area contributed by atoms with Gasteiger partial charge >= 0.3 is 0 Å². The Balaban J connectivity index is 4.03. The molecule has 0 N–H and O–H groups in total. The standard InChI is InChI=1S/C10H12Br2O/c1-3-5-9(11)7-13-8-10(12)6-4-2/h3-8H,1-2H3. The first-order valence-corrected chi connectivity index (χ1v) is 5.41. The van der Waals surface area contributed by atoms with Crippen molar-refractivity contribution < 1.29 is 4.74 Å². The molecule has 0 aromatic carbocycles. The highest BCUT2D eigenvalue weighted by molar-refractivity contribution is 9.12. The maximum atomic E-state index is 5.14.